The Morgan fingerprint density at radius 1 is 1.15 bits per heavy atom. The fourth-order valence-corrected chi connectivity index (χ4v) is 4.24. The summed E-state index contributed by atoms with van der Waals surface area (Å²) in [5, 5.41) is 3.88. The van der Waals surface area contributed by atoms with Crippen LogP contribution in [-0.2, 0) is 5.41 Å². The maximum atomic E-state index is 3.88. The third kappa shape index (κ3) is 2.79. The van der Waals surface area contributed by atoms with Crippen LogP contribution in [0.25, 0.3) is 0 Å². The summed E-state index contributed by atoms with van der Waals surface area (Å²) in [6.07, 6.45) is 6.86. The zero-order valence-corrected chi connectivity index (χ0v) is 13.3. The first-order valence-corrected chi connectivity index (χ1v) is 8.39. The number of benzene rings is 1. The molecule has 20 heavy (non-hydrogen) atoms. The van der Waals surface area contributed by atoms with Gasteiger partial charge >= 0.3 is 0 Å². The van der Waals surface area contributed by atoms with Crippen LogP contribution in [0.4, 0.5) is 0 Å². The number of hydrogen-bond donors (Lipinski definition) is 1. The molecule has 1 aromatic rings. The van der Waals surface area contributed by atoms with Crippen LogP contribution in [-0.4, -0.2) is 6.54 Å². The summed E-state index contributed by atoms with van der Waals surface area (Å²) >= 11 is 0. The highest BCUT2D eigenvalue weighted by molar-refractivity contribution is 5.38. The van der Waals surface area contributed by atoms with Crippen molar-refractivity contribution in [1.82, 2.24) is 5.32 Å². The van der Waals surface area contributed by atoms with Crippen LogP contribution >= 0.6 is 0 Å². The summed E-state index contributed by atoms with van der Waals surface area (Å²) in [7, 11) is 0. The molecule has 3 rings (SSSR count). The lowest BCUT2D eigenvalue weighted by Crippen LogP contribution is -2.34. The number of hydrogen-bond acceptors (Lipinski definition) is 1. The molecule has 0 aromatic heterocycles. The van der Waals surface area contributed by atoms with Gasteiger partial charge in [0.15, 0.2) is 0 Å². The van der Waals surface area contributed by atoms with Crippen LogP contribution < -0.4 is 5.32 Å². The van der Waals surface area contributed by atoms with E-state index in [1.54, 1.807) is 11.1 Å². The Bertz CT molecular complexity index is 463. The van der Waals surface area contributed by atoms with Crippen molar-refractivity contribution < 1.29 is 0 Å². The summed E-state index contributed by atoms with van der Waals surface area (Å²) in [6.45, 7) is 8.39. The zero-order valence-electron chi connectivity index (χ0n) is 13.3. The minimum Gasteiger partial charge on any atom is -0.310 e. The largest absolute Gasteiger partial charge is 0.310 e. The van der Waals surface area contributed by atoms with E-state index in [0.717, 1.165) is 11.8 Å². The molecule has 1 aromatic carbocycles. The second-order valence-corrected chi connectivity index (χ2v) is 7.75. The van der Waals surface area contributed by atoms with Gasteiger partial charge < -0.3 is 5.32 Å². The molecule has 1 heteroatoms. The first-order valence-electron chi connectivity index (χ1n) is 8.39. The van der Waals surface area contributed by atoms with E-state index < -0.39 is 0 Å². The van der Waals surface area contributed by atoms with Crippen LogP contribution in [0.5, 0.6) is 0 Å². The van der Waals surface area contributed by atoms with Crippen molar-refractivity contribution in [3.8, 4) is 0 Å². The smallest absolute Gasteiger partial charge is 0.0323 e. The molecule has 0 amide bonds. The Morgan fingerprint density at radius 2 is 1.95 bits per heavy atom. The van der Waals surface area contributed by atoms with Crippen molar-refractivity contribution in [1.29, 1.82) is 0 Å². The second-order valence-electron chi connectivity index (χ2n) is 7.75. The van der Waals surface area contributed by atoms with Gasteiger partial charge in [-0.15, -0.1) is 0 Å². The highest BCUT2D eigenvalue weighted by atomic mass is 14.9. The lowest BCUT2D eigenvalue weighted by atomic mass is 9.71. The molecule has 1 nitrogen and oxygen atoms in total. The molecule has 2 aliphatic rings. The molecule has 0 bridgehead atoms. The minimum absolute atomic E-state index is 0.344. The number of fused-ring (bicyclic) bond motifs is 1. The van der Waals surface area contributed by atoms with Crippen LogP contribution in [0.1, 0.15) is 70.0 Å². The van der Waals surface area contributed by atoms with Gasteiger partial charge in [0.1, 0.15) is 0 Å². The molecule has 1 fully saturated rings. The molecule has 110 valence electrons. The molecule has 3 unspecified atom stereocenters. The van der Waals surface area contributed by atoms with Crippen LogP contribution in [0.15, 0.2) is 24.3 Å². The van der Waals surface area contributed by atoms with Crippen molar-refractivity contribution >= 4 is 0 Å². The average molecular weight is 271 g/mol. The van der Waals surface area contributed by atoms with Gasteiger partial charge in [0.2, 0.25) is 0 Å². The van der Waals surface area contributed by atoms with E-state index in [1.165, 1.54) is 38.6 Å². The molecule has 0 radical (unpaired) electrons. The van der Waals surface area contributed by atoms with Crippen molar-refractivity contribution in [3.05, 3.63) is 35.4 Å². The maximum absolute atomic E-state index is 3.88. The first kappa shape index (κ1) is 14.1. The van der Waals surface area contributed by atoms with Gasteiger partial charge in [-0.3, -0.25) is 0 Å². The minimum atomic E-state index is 0.344. The highest BCUT2D eigenvalue weighted by Crippen LogP contribution is 2.41. The molecular formula is C19H29N. The third-order valence-electron chi connectivity index (χ3n) is 5.58. The molecular weight excluding hydrogens is 242 g/mol. The van der Waals surface area contributed by atoms with E-state index in [4.69, 9.17) is 0 Å². The summed E-state index contributed by atoms with van der Waals surface area (Å²) in [6, 6.07) is 9.65. The SMILES string of the molecule is CC1CCC(CNC2CCC(C)(C)c3ccccc32)C1. The number of rotatable bonds is 3. The normalized spacial score (nSPS) is 32.0. The summed E-state index contributed by atoms with van der Waals surface area (Å²) in [4.78, 5) is 0. The van der Waals surface area contributed by atoms with Crippen LogP contribution in [0, 0.1) is 11.8 Å². The molecule has 3 atom stereocenters. The predicted molar refractivity (Wildman–Crippen MR) is 86.0 cm³/mol. The second kappa shape index (κ2) is 5.52. The monoisotopic (exact) mass is 271 g/mol. The highest BCUT2D eigenvalue weighted by Gasteiger charge is 2.32. The van der Waals surface area contributed by atoms with Gasteiger partial charge in [0, 0.05) is 6.04 Å². The standard InChI is InChI=1S/C19H29N/c1-14-8-9-15(12-14)13-20-18-10-11-19(2,3)17-7-5-4-6-16(17)18/h4-7,14-15,18,20H,8-13H2,1-3H3. The lowest BCUT2D eigenvalue weighted by Gasteiger charge is -2.38. The Kier molecular flexibility index (Phi) is 3.90. The van der Waals surface area contributed by atoms with Crippen molar-refractivity contribution in [2.45, 2.75) is 64.3 Å². The molecule has 0 aliphatic heterocycles. The fourth-order valence-electron chi connectivity index (χ4n) is 4.24. The van der Waals surface area contributed by atoms with E-state index in [-0.39, 0.29) is 0 Å². The molecule has 2 aliphatic carbocycles. The van der Waals surface area contributed by atoms with Crippen molar-refractivity contribution in [2.24, 2.45) is 11.8 Å². The van der Waals surface area contributed by atoms with Gasteiger partial charge in [-0.05, 0) is 60.6 Å². The lowest BCUT2D eigenvalue weighted by molar-refractivity contribution is 0.339. The van der Waals surface area contributed by atoms with Gasteiger partial charge in [0.25, 0.3) is 0 Å². The molecule has 1 N–H and O–H groups in total. The number of nitrogens with one attached hydrogen (secondary N) is 1. The van der Waals surface area contributed by atoms with E-state index in [2.05, 4.69) is 50.4 Å². The topological polar surface area (TPSA) is 12.0 Å². The van der Waals surface area contributed by atoms with E-state index in [9.17, 15) is 0 Å². The van der Waals surface area contributed by atoms with Gasteiger partial charge in [-0.25, -0.2) is 0 Å². The maximum Gasteiger partial charge on any atom is 0.0323 e. The van der Waals surface area contributed by atoms with Gasteiger partial charge in [-0.1, -0.05) is 51.5 Å². The Labute approximate surface area is 124 Å². The Balaban J connectivity index is 1.69. The fraction of sp³-hybridized carbons (Fsp3) is 0.684. The van der Waals surface area contributed by atoms with Gasteiger partial charge in [-0.2, -0.15) is 0 Å². The van der Waals surface area contributed by atoms with E-state index >= 15 is 0 Å². The molecule has 0 saturated heterocycles. The predicted octanol–water partition coefficient (Wildman–Crippen LogP) is 4.82. The molecule has 0 spiro atoms. The van der Waals surface area contributed by atoms with Crippen molar-refractivity contribution in [3.63, 3.8) is 0 Å². The van der Waals surface area contributed by atoms with Crippen LogP contribution in [0.2, 0.25) is 0 Å². The van der Waals surface area contributed by atoms with E-state index in [0.29, 0.717) is 11.5 Å². The zero-order chi connectivity index (χ0) is 14.2. The van der Waals surface area contributed by atoms with Crippen LogP contribution in [0.3, 0.4) is 0 Å². The summed E-state index contributed by atoms with van der Waals surface area (Å²) in [5.41, 5.74) is 3.45. The third-order valence-corrected chi connectivity index (χ3v) is 5.58. The van der Waals surface area contributed by atoms with Crippen molar-refractivity contribution in [2.75, 3.05) is 6.54 Å². The Hall–Kier alpha value is -0.820. The quantitative estimate of drug-likeness (QED) is 0.830. The van der Waals surface area contributed by atoms with E-state index in [1.807, 2.05) is 0 Å². The molecule has 0 heterocycles. The summed E-state index contributed by atoms with van der Waals surface area (Å²) < 4.78 is 0. The Morgan fingerprint density at radius 3 is 2.70 bits per heavy atom. The molecule has 1 saturated carbocycles. The average Bonchev–Trinajstić information content (AvgIpc) is 2.84. The first-order chi connectivity index (χ1) is 9.56. The van der Waals surface area contributed by atoms with Gasteiger partial charge in [0.05, 0.1) is 0 Å². The summed E-state index contributed by atoms with van der Waals surface area (Å²) in [5.74, 6) is 1.85.